The Morgan fingerprint density at radius 2 is 1.78 bits per heavy atom. The number of aromatic nitrogens is 4. The third kappa shape index (κ3) is 4.77. The minimum absolute atomic E-state index is 0.0316. The maximum absolute atomic E-state index is 13.0. The quantitative estimate of drug-likeness (QED) is 0.632. The van der Waals surface area contributed by atoms with Crippen molar-refractivity contribution in [1.82, 2.24) is 24.6 Å². The molecule has 1 fully saturated rings. The zero-order valence-electron chi connectivity index (χ0n) is 17.0. The monoisotopic (exact) mass is 465 g/mol. The molecule has 168 valence electrons. The number of anilines is 2. The summed E-state index contributed by atoms with van der Waals surface area (Å²) >= 11 is 5.63. The molecule has 1 aromatic carbocycles. The van der Waals surface area contributed by atoms with E-state index in [2.05, 4.69) is 20.4 Å². The van der Waals surface area contributed by atoms with Gasteiger partial charge in [-0.25, -0.2) is 19.4 Å². The van der Waals surface area contributed by atoms with E-state index in [1.807, 2.05) is 30.2 Å². The van der Waals surface area contributed by atoms with Crippen LogP contribution in [0.4, 0.5) is 29.5 Å². The maximum atomic E-state index is 13.0. The topological polar surface area (TPSA) is 79.2 Å². The van der Waals surface area contributed by atoms with Crippen molar-refractivity contribution >= 4 is 29.1 Å². The van der Waals surface area contributed by atoms with Crippen LogP contribution in [0.3, 0.4) is 0 Å². The second kappa shape index (κ2) is 8.65. The molecule has 1 N–H and O–H groups in total. The molecule has 0 saturated carbocycles. The molecule has 1 saturated heterocycles. The maximum Gasteiger partial charge on any atom is 0.417 e. The number of hydrogen-bond acceptors (Lipinski definition) is 5. The predicted molar refractivity (Wildman–Crippen MR) is 113 cm³/mol. The first-order valence-corrected chi connectivity index (χ1v) is 10.1. The molecular formula is C20H19ClF3N7O. The van der Waals surface area contributed by atoms with Crippen molar-refractivity contribution in [2.75, 3.05) is 36.4 Å². The molecule has 12 heteroatoms. The highest BCUT2D eigenvalue weighted by atomic mass is 35.5. The van der Waals surface area contributed by atoms with Crippen molar-refractivity contribution in [2.24, 2.45) is 0 Å². The third-order valence-electron chi connectivity index (χ3n) is 5.01. The summed E-state index contributed by atoms with van der Waals surface area (Å²) < 4.78 is 40.8. The first-order chi connectivity index (χ1) is 15.2. The van der Waals surface area contributed by atoms with Crippen LogP contribution >= 0.6 is 11.6 Å². The molecule has 1 aliphatic rings. The van der Waals surface area contributed by atoms with Crippen LogP contribution in [0.15, 0.2) is 42.9 Å². The van der Waals surface area contributed by atoms with Gasteiger partial charge in [0.15, 0.2) is 5.82 Å². The van der Waals surface area contributed by atoms with E-state index in [0.717, 1.165) is 17.8 Å². The van der Waals surface area contributed by atoms with Crippen molar-refractivity contribution in [1.29, 1.82) is 0 Å². The number of alkyl halides is 3. The summed E-state index contributed by atoms with van der Waals surface area (Å²) in [6.45, 7) is 3.67. The number of benzene rings is 1. The van der Waals surface area contributed by atoms with E-state index in [4.69, 9.17) is 11.6 Å². The van der Waals surface area contributed by atoms with Gasteiger partial charge in [0.2, 0.25) is 0 Å². The van der Waals surface area contributed by atoms with Crippen LogP contribution in [0.2, 0.25) is 5.02 Å². The molecule has 32 heavy (non-hydrogen) atoms. The molecular weight excluding hydrogens is 447 g/mol. The average molecular weight is 466 g/mol. The van der Waals surface area contributed by atoms with Crippen LogP contribution in [0, 0.1) is 6.92 Å². The largest absolute Gasteiger partial charge is 0.417 e. The number of urea groups is 1. The smallest absolute Gasteiger partial charge is 0.353 e. The summed E-state index contributed by atoms with van der Waals surface area (Å²) in [6, 6.07) is 6.49. The molecule has 0 aliphatic carbocycles. The van der Waals surface area contributed by atoms with Crippen LogP contribution in [0.1, 0.15) is 11.3 Å². The highest BCUT2D eigenvalue weighted by Crippen LogP contribution is 2.36. The summed E-state index contributed by atoms with van der Waals surface area (Å²) in [4.78, 5) is 24.6. The Labute approximate surface area is 186 Å². The molecule has 4 rings (SSSR count). The molecule has 1 aliphatic heterocycles. The van der Waals surface area contributed by atoms with Gasteiger partial charge in [-0.15, -0.1) is 0 Å². The predicted octanol–water partition coefficient (Wildman–Crippen LogP) is 4.00. The highest BCUT2D eigenvalue weighted by molar-refractivity contribution is 6.31. The van der Waals surface area contributed by atoms with Crippen molar-refractivity contribution in [3.63, 3.8) is 0 Å². The van der Waals surface area contributed by atoms with Crippen LogP contribution in [-0.2, 0) is 6.18 Å². The van der Waals surface area contributed by atoms with Crippen LogP contribution in [0.25, 0.3) is 5.82 Å². The number of piperazine rings is 1. The van der Waals surface area contributed by atoms with E-state index >= 15 is 0 Å². The number of halogens is 4. The highest BCUT2D eigenvalue weighted by Gasteiger charge is 2.33. The molecule has 0 atom stereocenters. The van der Waals surface area contributed by atoms with Crippen LogP contribution in [0.5, 0.6) is 0 Å². The van der Waals surface area contributed by atoms with E-state index < -0.39 is 22.8 Å². The number of nitrogens with zero attached hydrogens (tertiary/aromatic N) is 6. The first kappa shape index (κ1) is 21.9. The first-order valence-electron chi connectivity index (χ1n) is 9.73. The SMILES string of the molecule is Cc1ccn(-c2cc(N3CCN(C(=O)Nc4ccc(Cl)c(C(F)(F)F)c4)CC3)ncn2)n1. The molecule has 0 radical (unpaired) electrons. The van der Waals surface area contributed by atoms with Crippen molar-refractivity contribution in [2.45, 2.75) is 13.1 Å². The summed E-state index contributed by atoms with van der Waals surface area (Å²) in [5, 5.41) is 6.43. The molecule has 3 heterocycles. The normalized spacial score (nSPS) is 14.5. The number of carbonyl (C=O) groups is 1. The number of carbonyl (C=O) groups excluding carboxylic acids is 1. The lowest BCUT2D eigenvalue weighted by Crippen LogP contribution is -2.50. The third-order valence-corrected chi connectivity index (χ3v) is 5.34. The summed E-state index contributed by atoms with van der Waals surface area (Å²) in [6.07, 6.45) is -1.33. The van der Waals surface area contributed by atoms with Crippen LogP contribution in [-0.4, -0.2) is 56.9 Å². The zero-order valence-corrected chi connectivity index (χ0v) is 17.7. The minimum atomic E-state index is -4.60. The standard InChI is InChI=1S/C20H19ClF3N7O/c1-13-4-5-31(28-13)18-11-17(25-12-26-18)29-6-8-30(9-7-29)19(32)27-14-2-3-16(21)15(10-14)20(22,23)24/h2-5,10-12H,6-9H2,1H3,(H,27,32). The second-order valence-electron chi connectivity index (χ2n) is 7.23. The number of aryl methyl sites for hydroxylation is 1. The number of hydrogen-bond donors (Lipinski definition) is 1. The lowest BCUT2D eigenvalue weighted by atomic mass is 10.2. The summed E-state index contributed by atoms with van der Waals surface area (Å²) in [5.41, 5.74) is -0.0920. The molecule has 0 unspecified atom stereocenters. The second-order valence-corrected chi connectivity index (χ2v) is 7.64. The Hall–Kier alpha value is -3.34. The fourth-order valence-electron chi connectivity index (χ4n) is 3.34. The Morgan fingerprint density at radius 3 is 2.44 bits per heavy atom. The van der Waals surface area contributed by atoms with Gasteiger partial charge in [-0.1, -0.05) is 11.6 Å². The van der Waals surface area contributed by atoms with E-state index in [0.29, 0.717) is 37.8 Å². The lowest BCUT2D eigenvalue weighted by molar-refractivity contribution is -0.137. The van der Waals surface area contributed by atoms with Crippen LogP contribution < -0.4 is 10.2 Å². The van der Waals surface area contributed by atoms with Gasteiger partial charge < -0.3 is 15.1 Å². The summed E-state index contributed by atoms with van der Waals surface area (Å²) in [7, 11) is 0. The molecule has 8 nitrogen and oxygen atoms in total. The molecule has 0 spiro atoms. The lowest BCUT2D eigenvalue weighted by Gasteiger charge is -2.35. The van der Waals surface area contributed by atoms with Gasteiger partial charge in [0.05, 0.1) is 16.3 Å². The number of amides is 2. The van der Waals surface area contributed by atoms with Gasteiger partial charge in [-0.3, -0.25) is 0 Å². The van der Waals surface area contributed by atoms with E-state index in [-0.39, 0.29) is 5.69 Å². The Morgan fingerprint density at radius 1 is 1.06 bits per heavy atom. The van der Waals surface area contributed by atoms with E-state index in [9.17, 15) is 18.0 Å². The fraction of sp³-hybridized carbons (Fsp3) is 0.300. The Bertz CT molecular complexity index is 1130. The van der Waals surface area contributed by atoms with E-state index in [1.54, 1.807) is 4.68 Å². The average Bonchev–Trinajstić information content (AvgIpc) is 3.21. The van der Waals surface area contributed by atoms with E-state index in [1.165, 1.54) is 17.3 Å². The number of rotatable bonds is 3. The molecule has 2 aromatic heterocycles. The minimum Gasteiger partial charge on any atom is -0.353 e. The van der Waals surface area contributed by atoms with Gasteiger partial charge in [0.1, 0.15) is 12.1 Å². The Balaban J connectivity index is 1.38. The molecule has 3 aromatic rings. The van der Waals surface area contributed by atoms with Gasteiger partial charge in [-0.05, 0) is 31.2 Å². The van der Waals surface area contributed by atoms with Crippen molar-refractivity contribution in [3.05, 3.63) is 59.1 Å². The van der Waals surface area contributed by atoms with Gasteiger partial charge in [0, 0.05) is 44.1 Å². The fourth-order valence-corrected chi connectivity index (χ4v) is 3.56. The molecule has 0 bridgehead atoms. The summed E-state index contributed by atoms with van der Waals surface area (Å²) in [5.74, 6) is 1.34. The Kier molecular flexibility index (Phi) is 5.92. The van der Waals surface area contributed by atoms with Crippen molar-refractivity contribution < 1.29 is 18.0 Å². The zero-order chi connectivity index (χ0) is 22.9. The van der Waals surface area contributed by atoms with Gasteiger partial charge >= 0.3 is 12.2 Å². The number of nitrogens with one attached hydrogen (secondary N) is 1. The van der Waals surface area contributed by atoms with Gasteiger partial charge in [0.25, 0.3) is 0 Å². The van der Waals surface area contributed by atoms with Gasteiger partial charge in [-0.2, -0.15) is 18.3 Å². The van der Waals surface area contributed by atoms with Crippen molar-refractivity contribution in [3.8, 4) is 5.82 Å². The molecule has 2 amide bonds.